The predicted octanol–water partition coefficient (Wildman–Crippen LogP) is 4.22. The maximum absolute atomic E-state index is 12.7. The van der Waals surface area contributed by atoms with Crippen LogP contribution >= 0.6 is 27.3 Å². The molecule has 0 amide bonds. The van der Waals surface area contributed by atoms with Crippen molar-refractivity contribution in [3.8, 4) is 0 Å². The first-order valence-corrected chi connectivity index (χ1v) is 10.9. The number of ether oxygens (including phenoxy) is 1. The summed E-state index contributed by atoms with van der Waals surface area (Å²) in [5, 5.41) is 0.342. The molecule has 0 radical (unpaired) electrons. The minimum Gasteiger partial charge on any atom is -0.465 e. The van der Waals surface area contributed by atoms with Crippen molar-refractivity contribution in [3.63, 3.8) is 0 Å². The molecular weight excluding hydrogens is 426 g/mol. The topological polar surface area (TPSA) is 72.5 Å². The molecule has 1 unspecified atom stereocenters. The van der Waals surface area contributed by atoms with Crippen LogP contribution in [0.25, 0.3) is 0 Å². The van der Waals surface area contributed by atoms with Crippen LogP contribution < -0.4 is 4.72 Å². The monoisotopic (exact) mass is 443 g/mol. The van der Waals surface area contributed by atoms with Crippen molar-refractivity contribution in [3.05, 3.63) is 44.7 Å². The Morgan fingerprint density at radius 3 is 2.64 bits per heavy atom. The van der Waals surface area contributed by atoms with Gasteiger partial charge in [-0.1, -0.05) is 22.9 Å². The summed E-state index contributed by atoms with van der Waals surface area (Å²) in [5.41, 5.74) is 1.28. The minimum absolute atomic E-state index is 0.145. The molecule has 0 aliphatic heterocycles. The zero-order chi connectivity index (χ0) is 18.2. The van der Waals surface area contributed by atoms with E-state index in [1.54, 1.807) is 12.1 Å². The van der Waals surface area contributed by atoms with E-state index in [0.29, 0.717) is 16.5 Å². The Morgan fingerprint density at radius 2 is 2.00 bits per heavy atom. The highest BCUT2D eigenvalue weighted by atomic mass is 79.9. The molecule has 1 aromatic heterocycles. The Kier molecular flexibility index (Phi) is 5.22. The average molecular weight is 444 g/mol. The third-order valence-electron chi connectivity index (χ3n) is 4.25. The predicted molar refractivity (Wildman–Crippen MR) is 102 cm³/mol. The molecule has 0 bridgehead atoms. The van der Waals surface area contributed by atoms with Gasteiger partial charge in [0.05, 0.1) is 17.6 Å². The third-order valence-corrected chi connectivity index (χ3v) is 7.45. The second-order valence-corrected chi connectivity index (χ2v) is 9.81. The van der Waals surface area contributed by atoms with Crippen molar-refractivity contribution in [2.24, 2.45) is 5.92 Å². The smallest absolute Gasteiger partial charge is 0.341 e. The van der Waals surface area contributed by atoms with E-state index >= 15 is 0 Å². The second kappa shape index (κ2) is 7.09. The first-order chi connectivity index (χ1) is 11.8. The van der Waals surface area contributed by atoms with Gasteiger partial charge in [0, 0.05) is 9.35 Å². The summed E-state index contributed by atoms with van der Waals surface area (Å²) in [6.07, 6.45) is 2.59. The fraction of sp³-hybridized carbons (Fsp3) is 0.353. The molecule has 1 heterocycles. The Bertz CT molecular complexity index is 903. The Hall–Kier alpha value is -1.38. The van der Waals surface area contributed by atoms with Gasteiger partial charge in [-0.05, 0) is 55.0 Å². The summed E-state index contributed by atoms with van der Waals surface area (Å²) in [5.74, 6) is 0.0214. The zero-order valence-corrected chi connectivity index (χ0v) is 17.1. The first-order valence-electron chi connectivity index (χ1n) is 7.83. The number of anilines is 1. The molecule has 2 aromatic rings. The van der Waals surface area contributed by atoms with Gasteiger partial charge in [0.15, 0.2) is 0 Å². The van der Waals surface area contributed by atoms with Crippen molar-refractivity contribution in [1.82, 2.24) is 0 Å². The summed E-state index contributed by atoms with van der Waals surface area (Å²) in [4.78, 5) is 13.5. The lowest BCUT2D eigenvalue weighted by atomic mass is 9.88. The number of benzene rings is 1. The number of sulfonamides is 1. The van der Waals surface area contributed by atoms with Gasteiger partial charge >= 0.3 is 5.97 Å². The quantitative estimate of drug-likeness (QED) is 0.717. The number of nitrogens with one attached hydrogen (secondary N) is 1. The average Bonchev–Trinajstić information content (AvgIpc) is 2.90. The fourth-order valence-corrected chi connectivity index (χ4v) is 5.90. The van der Waals surface area contributed by atoms with Gasteiger partial charge in [-0.25, -0.2) is 13.2 Å². The third kappa shape index (κ3) is 3.75. The molecule has 0 fully saturated rings. The molecule has 1 aromatic carbocycles. The maximum Gasteiger partial charge on any atom is 0.341 e. The van der Waals surface area contributed by atoms with Crippen LogP contribution in [0.5, 0.6) is 0 Å². The Morgan fingerprint density at radius 1 is 1.32 bits per heavy atom. The molecule has 1 aliphatic carbocycles. The largest absolute Gasteiger partial charge is 0.465 e. The van der Waals surface area contributed by atoms with Crippen molar-refractivity contribution in [1.29, 1.82) is 0 Å². The number of carbonyl (C=O) groups excluding carboxylic acids is 1. The van der Waals surface area contributed by atoms with E-state index in [1.165, 1.54) is 30.6 Å². The number of methoxy groups -OCH3 is 1. The van der Waals surface area contributed by atoms with Crippen molar-refractivity contribution in [2.45, 2.75) is 31.1 Å². The fourth-order valence-electron chi connectivity index (χ4n) is 2.94. The number of carbonyl (C=O) groups is 1. The van der Waals surface area contributed by atoms with E-state index in [1.807, 2.05) is 0 Å². The van der Waals surface area contributed by atoms with Crippen LogP contribution in [0, 0.1) is 5.92 Å². The van der Waals surface area contributed by atoms with Crippen LogP contribution in [-0.4, -0.2) is 21.5 Å². The highest BCUT2D eigenvalue weighted by Crippen LogP contribution is 2.40. The van der Waals surface area contributed by atoms with E-state index in [4.69, 9.17) is 4.74 Å². The number of esters is 1. The molecule has 8 heteroatoms. The molecule has 0 spiro atoms. The van der Waals surface area contributed by atoms with Crippen LogP contribution in [0.2, 0.25) is 0 Å². The summed E-state index contributed by atoms with van der Waals surface area (Å²) in [6.45, 7) is 2.16. The SMILES string of the molecule is COC(=O)c1c(NS(=O)(=O)c2ccc(Br)cc2)sc2c1CCC(C)C2. The standard InChI is InChI=1S/C17H18BrNO4S2/c1-10-3-8-13-14(9-10)24-16(15(13)17(20)23-2)19-25(21,22)12-6-4-11(18)5-7-12/h4-7,10,19H,3,8-9H2,1-2H3. The van der Waals surface area contributed by atoms with Gasteiger partial charge in [-0.2, -0.15) is 0 Å². The maximum atomic E-state index is 12.7. The minimum atomic E-state index is -3.78. The second-order valence-electron chi connectivity index (χ2n) is 6.11. The van der Waals surface area contributed by atoms with Crippen molar-refractivity contribution < 1.29 is 17.9 Å². The summed E-state index contributed by atoms with van der Waals surface area (Å²) in [7, 11) is -2.47. The lowest BCUT2D eigenvalue weighted by Crippen LogP contribution is -2.16. The van der Waals surface area contributed by atoms with Crippen LogP contribution in [0.4, 0.5) is 5.00 Å². The Balaban J connectivity index is 2.02. The number of halogens is 1. The van der Waals surface area contributed by atoms with Gasteiger partial charge in [-0.3, -0.25) is 4.72 Å². The highest BCUT2D eigenvalue weighted by molar-refractivity contribution is 9.10. The van der Waals surface area contributed by atoms with Crippen LogP contribution in [0.3, 0.4) is 0 Å². The number of rotatable bonds is 4. The number of thiophene rings is 1. The molecule has 3 rings (SSSR count). The molecule has 1 aliphatic rings. The summed E-state index contributed by atoms with van der Waals surface area (Å²) < 4.78 is 33.6. The van der Waals surface area contributed by atoms with Gasteiger partial charge < -0.3 is 4.74 Å². The van der Waals surface area contributed by atoms with Gasteiger partial charge in [-0.15, -0.1) is 11.3 Å². The molecule has 1 N–H and O–H groups in total. The van der Waals surface area contributed by atoms with Crippen LogP contribution in [-0.2, 0) is 27.6 Å². The number of fused-ring (bicyclic) bond motifs is 1. The van der Waals surface area contributed by atoms with Crippen molar-refractivity contribution in [2.75, 3.05) is 11.8 Å². The number of hydrogen-bond acceptors (Lipinski definition) is 5. The lowest BCUT2D eigenvalue weighted by Gasteiger charge is -2.18. The molecular formula is C17H18BrNO4S2. The van der Waals surface area contributed by atoms with E-state index in [2.05, 4.69) is 27.6 Å². The highest BCUT2D eigenvalue weighted by Gasteiger charge is 2.30. The van der Waals surface area contributed by atoms with Gasteiger partial charge in [0.2, 0.25) is 0 Å². The summed E-state index contributed by atoms with van der Waals surface area (Å²) in [6, 6.07) is 6.35. The summed E-state index contributed by atoms with van der Waals surface area (Å²) >= 11 is 4.62. The lowest BCUT2D eigenvalue weighted by molar-refractivity contribution is 0.0601. The van der Waals surface area contributed by atoms with E-state index in [0.717, 1.165) is 34.2 Å². The molecule has 25 heavy (non-hydrogen) atoms. The molecule has 1 atom stereocenters. The molecule has 0 saturated carbocycles. The zero-order valence-electron chi connectivity index (χ0n) is 13.8. The van der Waals surface area contributed by atoms with Crippen molar-refractivity contribution >= 4 is 48.3 Å². The van der Waals surface area contributed by atoms with E-state index < -0.39 is 16.0 Å². The van der Waals surface area contributed by atoms with Crippen LogP contribution in [0.15, 0.2) is 33.6 Å². The normalized spacial score (nSPS) is 17.0. The Labute approximate surface area is 159 Å². The molecule has 134 valence electrons. The van der Waals surface area contributed by atoms with E-state index in [9.17, 15) is 13.2 Å². The molecule has 0 saturated heterocycles. The van der Waals surface area contributed by atoms with Gasteiger partial charge in [0.25, 0.3) is 10.0 Å². The first kappa shape index (κ1) is 18.4. The van der Waals surface area contributed by atoms with E-state index in [-0.39, 0.29) is 4.90 Å². The van der Waals surface area contributed by atoms with Gasteiger partial charge in [0.1, 0.15) is 5.00 Å². The number of hydrogen-bond donors (Lipinski definition) is 1. The molecule has 5 nitrogen and oxygen atoms in total. The van der Waals surface area contributed by atoms with Crippen LogP contribution in [0.1, 0.15) is 34.1 Å².